The fraction of sp³-hybridized carbons (Fsp3) is 0. The van der Waals surface area contributed by atoms with Crippen molar-refractivity contribution in [2.45, 2.75) is 0 Å². The summed E-state index contributed by atoms with van der Waals surface area (Å²) in [6.45, 7) is 0. The van der Waals surface area contributed by atoms with Crippen molar-refractivity contribution in [3.8, 4) is 0 Å². The van der Waals surface area contributed by atoms with Gasteiger partial charge in [-0.3, -0.25) is 13.0 Å². The van der Waals surface area contributed by atoms with E-state index < -0.39 is 18.2 Å². The van der Waals surface area contributed by atoms with Gasteiger partial charge in [-0.1, -0.05) is 0 Å². The van der Waals surface area contributed by atoms with Gasteiger partial charge in [0.25, 0.3) is 7.82 Å². The van der Waals surface area contributed by atoms with Gasteiger partial charge in [-0.2, -0.15) is 0 Å². The smallest absolute Gasteiger partial charge is 0.759 e. The van der Waals surface area contributed by atoms with Crippen LogP contribution in [0.2, 0.25) is 0 Å². The molecule has 0 aliphatic rings. The molecule has 0 radical (unpaired) electrons. The van der Waals surface area contributed by atoms with Gasteiger partial charge in [0.05, 0.1) is 0 Å². The fourth-order valence-corrected chi connectivity index (χ4v) is 0. The Morgan fingerprint density at radius 1 is 1.17 bits per heavy atom. The van der Waals surface area contributed by atoms with Crippen LogP contribution in [0.25, 0.3) is 0 Å². The molecule has 0 heterocycles. The molecule has 0 saturated carbocycles. The van der Waals surface area contributed by atoms with Crippen LogP contribution >= 0.6 is 7.82 Å². The summed E-state index contributed by atoms with van der Waals surface area (Å²) in [6, 6.07) is 0. The third-order valence-corrected chi connectivity index (χ3v) is 0. The summed E-state index contributed by atoms with van der Waals surface area (Å²) in [6.07, 6.45) is 0. The Hall–Kier alpha value is 2.24. The minimum atomic E-state index is -5.17. The minimum Gasteiger partial charge on any atom is -0.759 e. The van der Waals surface area contributed by atoms with Crippen molar-refractivity contribution in [2.24, 2.45) is 0 Å². The normalized spacial score (nSPS) is 9.75. The topological polar surface area (TPSA) is 161 Å². The average Bonchev–Trinajstić information content (AvgIpc) is 1.12. The van der Waals surface area contributed by atoms with Crippen LogP contribution < -0.4 is 34.5 Å². The third-order valence-electron chi connectivity index (χ3n) is 0. The van der Waals surface area contributed by atoms with Crippen molar-refractivity contribution < 1.29 is 66.3 Å². The largest absolute Gasteiger partial charge is 2.00 e. The molecular weight excluding hydrogens is 254 g/mol. The van der Waals surface area contributed by atoms with Crippen molar-refractivity contribution in [3.63, 3.8) is 0 Å². The van der Waals surface area contributed by atoms with E-state index in [-0.39, 0.29) is 67.3 Å². The van der Waals surface area contributed by atoms with E-state index in [0.29, 0.717) is 0 Å². The Morgan fingerprint density at radius 2 is 1.17 bits per heavy atom. The van der Waals surface area contributed by atoms with Gasteiger partial charge in [0.1, 0.15) is 0 Å². The standard InChI is InChI=1S/Ca.Na.H3O4P.H2O4S/c;;2*1-5(2,3)4/h;;(H3,1,2,3,4);(H2,1,2,3,4)/q+2;+1;;/p-3. The molecular formula is H2CaNaO8PS. The number of hydrogen-bond acceptors (Lipinski definition) is 6. The maximum atomic E-state index is 8.77. The van der Waals surface area contributed by atoms with Crippen LogP contribution in [0.5, 0.6) is 0 Å². The van der Waals surface area contributed by atoms with E-state index in [9.17, 15) is 0 Å². The van der Waals surface area contributed by atoms with Gasteiger partial charge in [-0.15, -0.1) is 0 Å². The second kappa shape index (κ2) is 9.78. The van der Waals surface area contributed by atoms with Crippen LogP contribution in [-0.2, 0) is 15.0 Å². The molecule has 0 aromatic rings. The van der Waals surface area contributed by atoms with Crippen LogP contribution in [0.4, 0.5) is 0 Å². The van der Waals surface area contributed by atoms with Crippen LogP contribution in [-0.4, -0.2) is 65.0 Å². The average molecular weight is 256 g/mol. The molecule has 0 aliphatic carbocycles. The molecule has 0 amide bonds. The van der Waals surface area contributed by atoms with E-state index in [4.69, 9.17) is 36.8 Å². The van der Waals surface area contributed by atoms with Crippen molar-refractivity contribution in [3.05, 3.63) is 0 Å². The van der Waals surface area contributed by atoms with E-state index in [1.807, 2.05) is 0 Å². The van der Waals surface area contributed by atoms with Crippen LogP contribution in [0.3, 0.4) is 0 Å². The second-order valence-corrected chi connectivity index (χ2v) is 2.70. The molecule has 0 atom stereocenters. The summed E-state index contributed by atoms with van der Waals surface area (Å²) in [5.41, 5.74) is 0. The van der Waals surface area contributed by atoms with Gasteiger partial charge >= 0.3 is 67.3 Å². The van der Waals surface area contributed by atoms with E-state index in [1.54, 1.807) is 0 Å². The quantitative estimate of drug-likeness (QED) is 0.187. The Kier molecular flexibility index (Phi) is 19.4. The molecule has 0 fully saturated rings. The summed E-state index contributed by atoms with van der Waals surface area (Å²) in [4.78, 5) is 22.9. The zero-order chi connectivity index (χ0) is 9.00. The molecule has 0 aromatic heterocycles. The molecule has 64 valence electrons. The first kappa shape index (κ1) is 23.8. The first-order chi connectivity index (χ1) is 4.00. The fourth-order valence-electron chi connectivity index (χ4n) is 0. The van der Waals surface area contributed by atoms with Gasteiger partial charge in [-0.25, -0.2) is 0 Å². The molecule has 0 bridgehead atoms. The molecule has 0 aliphatic heterocycles. The summed E-state index contributed by atoms with van der Waals surface area (Å²) < 4.78 is 42.9. The molecule has 0 aromatic carbocycles. The molecule has 0 rings (SSSR count). The zero-order valence-corrected chi connectivity index (χ0v) is 11.8. The van der Waals surface area contributed by atoms with Crippen molar-refractivity contribution in [1.82, 2.24) is 0 Å². The molecule has 12 heavy (non-hydrogen) atoms. The van der Waals surface area contributed by atoms with Crippen molar-refractivity contribution >= 4 is 56.0 Å². The van der Waals surface area contributed by atoms with E-state index >= 15 is 0 Å². The van der Waals surface area contributed by atoms with Crippen LogP contribution in [0.1, 0.15) is 0 Å². The zero-order valence-electron chi connectivity index (χ0n) is 5.91. The molecule has 0 unspecified atom stereocenters. The van der Waals surface area contributed by atoms with Gasteiger partial charge < -0.3 is 23.8 Å². The SMILES string of the molecule is O=P([O-])(O)O.O=S(=O)([O-])[O-].[Ca+2].[Na+]. The Balaban J connectivity index is -0.0000000457. The first-order valence-electron chi connectivity index (χ1n) is 1.43. The minimum absolute atomic E-state index is 0. The maximum absolute atomic E-state index is 8.77. The van der Waals surface area contributed by atoms with Gasteiger partial charge in [0.2, 0.25) is 0 Å². The molecule has 2 N–H and O–H groups in total. The van der Waals surface area contributed by atoms with Crippen LogP contribution in [0, 0.1) is 0 Å². The molecule has 0 spiro atoms. The summed E-state index contributed by atoms with van der Waals surface area (Å²) in [5, 5.41) is 0. The number of phosphoric acid groups is 1. The number of hydrogen-bond donors (Lipinski definition) is 2. The Labute approximate surface area is 120 Å². The third kappa shape index (κ3) is 308. The van der Waals surface area contributed by atoms with E-state index in [2.05, 4.69) is 0 Å². The predicted octanol–water partition coefficient (Wildman–Crippen LogP) is -6.28. The van der Waals surface area contributed by atoms with E-state index in [1.165, 1.54) is 0 Å². The summed E-state index contributed by atoms with van der Waals surface area (Å²) in [5.74, 6) is 0. The van der Waals surface area contributed by atoms with Gasteiger partial charge in [0, 0.05) is 10.4 Å². The van der Waals surface area contributed by atoms with Crippen molar-refractivity contribution in [2.75, 3.05) is 0 Å². The Bertz CT molecular complexity index is 197. The summed E-state index contributed by atoms with van der Waals surface area (Å²) in [7, 11) is -10.1. The second-order valence-electron chi connectivity index (χ2n) is 0.899. The maximum Gasteiger partial charge on any atom is 2.00 e. The molecule has 12 heteroatoms. The Morgan fingerprint density at radius 3 is 1.17 bits per heavy atom. The van der Waals surface area contributed by atoms with Crippen LogP contribution in [0.15, 0.2) is 0 Å². The number of rotatable bonds is 0. The van der Waals surface area contributed by atoms with Gasteiger partial charge in [-0.05, 0) is 0 Å². The monoisotopic (exact) mass is 256 g/mol. The first-order valence-corrected chi connectivity index (χ1v) is 4.30. The molecule has 0 saturated heterocycles. The van der Waals surface area contributed by atoms with Gasteiger partial charge in [0.15, 0.2) is 0 Å². The summed E-state index contributed by atoms with van der Waals surface area (Å²) >= 11 is 0. The predicted molar refractivity (Wildman–Crippen MR) is 28.3 cm³/mol. The van der Waals surface area contributed by atoms with Crippen molar-refractivity contribution in [1.29, 1.82) is 0 Å². The van der Waals surface area contributed by atoms with E-state index in [0.717, 1.165) is 0 Å². The molecule has 8 nitrogen and oxygen atoms in total.